The second-order valence-corrected chi connectivity index (χ2v) is 12.2. The van der Waals surface area contributed by atoms with E-state index in [1.54, 1.807) is 42.6 Å². The Bertz CT molecular complexity index is 1740. The van der Waals surface area contributed by atoms with Crippen LogP contribution in [0.25, 0.3) is 11.1 Å². The van der Waals surface area contributed by atoms with Gasteiger partial charge in [-0.2, -0.15) is 4.98 Å². The second kappa shape index (κ2) is 10.6. The normalized spacial score (nSPS) is 17.0. The van der Waals surface area contributed by atoms with Crippen LogP contribution in [0, 0.1) is 12.7 Å². The molecule has 0 unspecified atom stereocenters. The molecule has 0 saturated heterocycles. The molecule has 2 heterocycles. The molecule has 1 saturated carbocycles. The number of aromatic nitrogens is 2. The lowest BCUT2D eigenvalue weighted by Crippen LogP contribution is -2.28. The highest BCUT2D eigenvalue weighted by Gasteiger charge is 2.52. The number of rotatable bonds is 4. The Balaban J connectivity index is 1.23. The van der Waals surface area contributed by atoms with E-state index in [1.165, 1.54) is 18.2 Å². The first-order valence-electron chi connectivity index (χ1n) is 13.4. The molecule has 41 heavy (non-hydrogen) atoms. The summed E-state index contributed by atoms with van der Waals surface area (Å²) in [5, 5.41) is 9.34. The SMILES string of the molecule is Cc1ccc(F)c(C2(C(=O)Nc3ccc(-c4cnc5nc4NCCCNS(=O)(=O)c4cccc(c4)N5)cc3)CC2)c1. The molecule has 0 atom stereocenters. The number of sulfonamides is 1. The van der Waals surface area contributed by atoms with Gasteiger partial charge in [-0.15, -0.1) is 0 Å². The van der Waals surface area contributed by atoms with Crippen LogP contribution < -0.4 is 20.7 Å². The summed E-state index contributed by atoms with van der Waals surface area (Å²) in [5.74, 6) is 0.334. The standard InChI is InChI=1S/C30H29FN6O3S/c1-19-6-11-26(31)25(16-19)30(12-13-30)28(38)35-21-9-7-20(8-10-21)24-18-33-29-36-22-4-2-5-23(17-22)41(39,40)34-15-3-14-32-27(24)37-29/h2,4-11,16-18,34H,3,12-15H2,1H3,(H,35,38)(H2,32,33,36,37). The van der Waals surface area contributed by atoms with Gasteiger partial charge in [0.15, 0.2) is 0 Å². The summed E-state index contributed by atoms with van der Waals surface area (Å²) in [5.41, 5.74) is 3.26. The Morgan fingerprint density at radius 3 is 2.61 bits per heavy atom. The molecular weight excluding hydrogens is 543 g/mol. The van der Waals surface area contributed by atoms with Crippen LogP contribution in [0.4, 0.5) is 27.5 Å². The highest BCUT2D eigenvalue weighted by Crippen LogP contribution is 2.50. The molecule has 1 aromatic heterocycles. The smallest absolute Gasteiger partial charge is 0.240 e. The van der Waals surface area contributed by atoms with Gasteiger partial charge >= 0.3 is 0 Å². The van der Waals surface area contributed by atoms with Gasteiger partial charge in [0.1, 0.15) is 11.6 Å². The van der Waals surface area contributed by atoms with Gasteiger partial charge in [-0.25, -0.2) is 22.5 Å². The maximum Gasteiger partial charge on any atom is 0.240 e. The Kier molecular flexibility index (Phi) is 6.92. The van der Waals surface area contributed by atoms with Crippen molar-refractivity contribution in [2.75, 3.05) is 29.0 Å². The van der Waals surface area contributed by atoms with Gasteiger partial charge in [0.2, 0.25) is 21.9 Å². The van der Waals surface area contributed by atoms with Crippen LogP contribution in [0.2, 0.25) is 0 Å². The van der Waals surface area contributed by atoms with Crippen molar-refractivity contribution in [2.24, 2.45) is 0 Å². The predicted octanol–water partition coefficient (Wildman–Crippen LogP) is 5.10. The number of nitrogens with zero attached hydrogens (tertiary/aromatic N) is 2. The number of hydrogen-bond donors (Lipinski definition) is 4. The van der Waals surface area contributed by atoms with E-state index in [0.717, 1.165) is 16.7 Å². The molecule has 1 amide bonds. The third kappa shape index (κ3) is 5.50. The minimum Gasteiger partial charge on any atom is -0.369 e. The maximum absolute atomic E-state index is 14.6. The number of hydrogen-bond acceptors (Lipinski definition) is 7. The first-order chi connectivity index (χ1) is 19.7. The Hall–Kier alpha value is -4.35. The molecule has 1 aliphatic carbocycles. The van der Waals surface area contributed by atoms with Gasteiger partial charge in [0, 0.05) is 41.8 Å². The summed E-state index contributed by atoms with van der Waals surface area (Å²) in [7, 11) is -3.63. The predicted molar refractivity (Wildman–Crippen MR) is 156 cm³/mol. The van der Waals surface area contributed by atoms with Crippen LogP contribution >= 0.6 is 0 Å². The van der Waals surface area contributed by atoms with Crippen LogP contribution in [-0.2, 0) is 20.2 Å². The van der Waals surface area contributed by atoms with Gasteiger partial charge in [-0.3, -0.25) is 4.79 Å². The van der Waals surface area contributed by atoms with Crippen LogP contribution in [0.3, 0.4) is 0 Å². The van der Waals surface area contributed by atoms with Crippen molar-refractivity contribution in [1.29, 1.82) is 0 Å². The van der Waals surface area contributed by atoms with Crippen molar-refractivity contribution in [3.05, 3.63) is 89.9 Å². The molecule has 4 bridgehead atoms. The molecule has 4 N–H and O–H groups in total. The summed E-state index contributed by atoms with van der Waals surface area (Å²) in [6, 6.07) is 18.7. The lowest BCUT2D eigenvalue weighted by atomic mass is 9.93. The summed E-state index contributed by atoms with van der Waals surface area (Å²) in [4.78, 5) is 22.5. The van der Waals surface area contributed by atoms with Gasteiger partial charge in [-0.1, -0.05) is 35.9 Å². The fourth-order valence-corrected chi connectivity index (χ4v) is 6.10. The second-order valence-electron chi connectivity index (χ2n) is 10.4. The molecular formula is C30H29FN6O3S. The van der Waals surface area contributed by atoms with E-state index in [1.807, 2.05) is 19.1 Å². The Labute approximate surface area is 237 Å². The number of amides is 1. The lowest BCUT2D eigenvalue weighted by Gasteiger charge is -2.17. The summed E-state index contributed by atoms with van der Waals surface area (Å²) in [6.07, 6.45) is 3.45. The van der Waals surface area contributed by atoms with Crippen molar-refractivity contribution >= 4 is 39.1 Å². The van der Waals surface area contributed by atoms with Gasteiger partial charge in [-0.05, 0) is 68.1 Å². The molecule has 1 fully saturated rings. The van der Waals surface area contributed by atoms with Crippen molar-refractivity contribution in [2.45, 2.75) is 36.5 Å². The molecule has 1 aliphatic heterocycles. The van der Waals surface area contributed by atoms with Gasteiger partial charge < -0.3 is 16.0 Å². The highest BCUT2D eigenvalue weighted by atomic mass is 32.2. The highest BCUT2D eigenvalue weighted by molar-refractivity contribution is 7.89. The first kappa shape index (κ1) is 26.9. The number of aryl methyl sites for hydroxylation is 1. The largest absolute Gasteiger partial charge is 0.369 e. The zero-order valence-electron chi connectivity index (χ0n) is 22.4. The maximum atomic E-state index is 14.6. The molecule has 0 spiro atoms. The molecule has 210 valence electrons. The number of nitrogens with one attached hydrogen (secondary N) is 4. The van der Waals surface area contributed by atoms with E-state index in [4.69, 9.17) is 0 Å². The average Bonchev–Trinajstić information content (AvgIpc) is 3.77. The Morgan fingerprint density at radius 1 is 1.02 bits per heavy atom. The third-order valence-electron chi connectivity index (χ3n) is 7.40. The summed E-state index contributed by atoms with van der Waals surface area (Å²) in [6.45, 7) is 2.64. The van der Waals surface area contributed by atoms with E-state index in [9.17, 15) is 17.6 Å². The van der Waals surface area contributed by atoms with E-state index >= 15 is 0 Å². The van der Waals surface area contributed by atoms with E-state index < -0.39 is 15.4 Å². The number of anilines is 4. The van der Waals surface area contributed by atoms with E-state index in [2.05, 4.69) is 30.6 Å². The van der Waals surface area contributed by atoms with Gasteiger partial charge in [0.05, 0.1) is 10.3 Å². The van der Waals surface area contributed by atoms with E-state index in [0.29, 0.717) is 54.5 Å². The van der Waals surface area contributed by atoms with Crippen LogP contribution in [0.1, 0.15) is 30.4 Å². The van der Waals surface area contributed by atoms with Crippen LogP contribution in [0.5, 0.6) is 0 Å². The molecule has 11 heteroatoms. The number of carbonyl (C=O) groups is 1. The minimum absolute atomic E-state index is 0.162. The topological polar surface area (TPSA) is 125 Å². The molecule has 6 rings (SSSR count). The first-order valence-corrected chi connectivity index (χ1v) is 14.9. The number of fused-ring (bicyclic) bond motifs is 4. The van der Waals surface area contributed by atoms with Crippen molar-refractivity contribution < 1.29 is 17.6 Å². The number of halogens is 1. The van der Waals surface area contributed by atoms with Gasteiger partial charge in [0.25, 0.3) is 0 Å². The van der Waals surface area contributed by atoms with E-state index in [-0.39, 0.29) is 23.2 Å². The van der Waals surface area contributed by atoms with Crippen LogP contribution in [-0.4, -0.2) is 37.4 Å². The van der Waals surface area contributed by atoms with Crippen molar-refractivity contribution in [3.63, 3.8) is 0 Å². The zero-order valence-corrected chi connectivity index (χ0v) is 23.2. The summed E-state index contributed by atoms with van der Waals surface area (Å²) >= 11 is 0. The van der Waals surface area contributed by atoms with Crippen LogP contribution in [0.15, 0.2) is 77.8 Å². The molecule has 2 aliphatic rings. The minimum atomic E-state index is -3.63. The van der Waals surface area contributed by atoms with Crippen molar-refractivity contribution in [1.82, 2.24) is 14.7 Å². The summed E-state index contributed by atoms with van der Waals surface area (Å²) < 4.78 is 42.4. The number of carbonyl (C=O) groups excluding carboxylic acids is 1. The van der Waals surface area contributed by atoms with Crippen molar-refractivity contribution in [3.8, 4) is 11.1 Å². The lowest BCUT2D eigenvalue weighted by molar-refractivity contribution is -0.118. The molecule has 0 radical (unpaired) electrons. The third-order valence-corrected chi connectivity index (χ3v) is 8.86. The average molecular weight is 573 g/mol. The monoisotopic (exact) mass is 572 g/mol. The zero-order chi connectivity index (χ0) is 28.6. The Morgan fingerprint density at radius 2 is 1.83 bits per heavy atom. The quantitative estimate of drug-likeness (QED) is 0.268. The fraction of sp³-hybridized carbons (Fsp3) is 0.233. The fourth-order valence-electron chi connectivity index (χ4n) is 4.98. The molecule has 9 nitrogen and oxygen atoms in total. The number of benzene rings is 3. The molecule has 4 aromatic rings. The molecule has 3 aromatic carbocycles.